The molecule has 12 saturated carbocycles. The Kier molecular flexibility index (Phi) is 17.1. The number of fused-ring (bicyclic) bond motifs is 6. The molecule has 12 bridgehead atoms. The molecule has 18 rings (SSSR count). The van der Waals surface area contributed by atoms with Crippen molar-refractivity contribution < 1.29 is 36.5 Å². The fraction of sp³-hybridized carbons (Fsp3) is 0.543. The van der Waals surface area contributed by atoms with Crippen LogP contribution in [0.3, 0.4) is 0 Å². The third-order valence-corrected chi connectivity index (χ3v) is 22.5. The van der Waals surface area contributed by atoms with Crippen molar-refractivity contribution in [3.8, 4) is 22.3 Å². The second kappa shape index (κ2) is 22.7. The van der Waals surface area contributed by atoms with Crippen molar-refractivity contribution in [3.05, 3.63) is 146 Å². The number of halogens is 5. The molecule has 410 valence electrons. The molecule has 12 aliphatic rings. The molecule has 0 aliphatic heterocycles. The van der Waals surface area contributed by atoms with Crippen LogP contribution in [0.4, 0.5) is 13.2 Å². The summed E-state index contributed by atoms with van der Waals surface area (Å²) < 4.78 is 32.2. The van der Waals surface area contributed by atoms with Gasteiger partial charge in [0.25, 0.3) is 0 Å². The number of hydrogen-bond donors (Lipinski definition) is 0. The van der Waals surface area contributed by atoms with Crippen LogP contribution in [0.15, 0.2) is 109 Å². The fourth-order valence-electron chi connectivity index (χ4n) is 20.2. The van der Waals surface area contributed by atoms with Crippen molar-refractivity contribution in [1.29, 1.82) is 0 Å². The predicted molar refractivity (Wildman–Crippen MR) is 318 cm³/mol. The minimum Gasteiger partial charge on any atom is -0.164 e. The van der Waals surface area contributed by atoms with Gasteiger partial charge in [-0.05, 0) is 245 Å². The summed E-state index contributed by atoms with van der Waals surface area (Å²) in [6.07, 6.45) is 30.3. The van der Waals surface area contributed by atoms with E-state index in [9.17, 15) is 13.2 Å². The summed E-state index contributed by atoms with van der Waals surface area (Å²) in [7, 11) is 0. The van der Waals surface area contributed by atoms with Gasteiger partial charge >= 0.3 is 36.4 Å². The van der Waals surface area contributed by atoms with Crippen LogP contribution in [0.2, 0.25) is 0 Å². The molecule has 0 heterocycles. The van der Waals surface area contributed by atoms with E-state index in [0.29, 0.717) is 21.7 Å². The van der Waals surface area contributed by atoms with E-state index in [1.807, 2.05) is 0 Å². The van der Waals surface area contributed by atoms with E-state index in [1.54, 1.807) is 22.3 Å². The van der Waals surface area contributed by atoms with E-state index >= 15 is 0 Å². The van der Waals surface area contributed by atoms with Crippen molar-refractivity contribution >= 4 is 53.2 Å². The molecule has 0 N–H and O–H groups in total. The molecule has 77 heavy (non-hydrogen) atoms. The second-order valence-electron chi connectivity index (χ2n) is 27.4. The van der Waals surface area contributed by atoms with E-state index in [-0.39, 0.29) is 32.2 Å². The van der Waals surface area contributed by atoms with Crippen LogP contribution in [-0.2, 0) is 47.0 Å². The fourth-order valence-corrected chi connectivity index (χ4v) is 20.2. The topological polar surface area (TPSA) is 0 Å². The van der Waals surface area contributed by atoms with Crippen LogP contribution in [0.25, 0.3) is 43.8 Å². The van der Waals surface area contributed by atoms with Gasteiger partial charge in [0.1, 0.15) is 0 Å². The van der Waals surface area contributed by atoms with Crippen molar-refractivity contribution in [2.75, 3.05) is 0 Å². The van der Waals surface area contributed by atoms with E-state index in [0.717, 1.165) is 47.3 Å². The predicted octanol–water partition coefficient (Wildman–Crippen LogP) is 20.3. The zero-order valence-electron chi connectivity index (χ0n) is 45.8. The molecular weight excluding hydrogens is 1090 g/mol. The Labute approximate surface area is 489 Å². The summed E-state index contributed by atoms with van der Waals surface area (Å²) in [6.45, 7) is 5.69. The van der Waals surface area contributed by atoms with Gasteiger partial charge in [0.2, 0.25) is 0 Å². The first-order valence-corrected chi connectivity index (χ1v) is 33.8. The van der Waals surface area contributed by atoms with Gasteiger partial charge in [0.15, 0.2) is 0 Å². The molecule has 12 fully saturated rings. The molecule has 2 radical (unpaired) electrons. The first kappa shape index (κ1) is 57.8. The first-order chi connectivity index (χ1) is 35.9. The first-order valence-electron chi connectivity index (χ1n) is 29.6. The SMILES string of the molecule is Cl.Cl.[CH2-]CC(F)(F)F.[CH3-].[Si]=[Zr].c1cc(-c2ccc(C34CC5CC(CC(C5)C3)C4)cc2)c2cc(CC34CCC(CC3)C4)[cH-]c2c1.c1cc(-c2ccc(C34CC5CC(CC(C5)C3)C4)cc2)c2cc(CC34CCC(CC3)C4)[cH-]c2c1. The Morgan fingerprint density at radius 1 is 0.481 bits per heavy atom. The normalized spacial score (nSPS) is 34.0. The summed E-state index contributed by atoms with van der Waals surface area (Å²) in [6, 6.07) is 43.9. The number of benzene rings is 4. The number of alkyl halides is 3. The molecule has 0 aromatic heterocycles. The molecule has 12 aliphatic carbocycles. The van der Waals surface area contributed by atoms with Gasteiger partial charge in [-0.1, -0.05) is 78.2 Å². The summed E-state index contributed by atoms with van der Waals surface area (Å²) in [4.78, 5) is 0. The monoisotopic (exact) mass is 1170 g/mol. The van der Waals surface area contributed by atoms with Crippen LogP contribution < -0.4 is 0 Å². The molecule has 0 unspecified atom stereocenters. The van der Waals surface area contributed by atoms with Crippen molar-refractivity contribution in [3.63, 3.8) is 0 Å². The molecule has 7 heteroatoms. The Hall–Kier alpha value is -2.43. The zero-order valence-corrected chi connectivity index (χ0v) is 50.9. The van der Waals surface area contributed by atoms with Gasteiger partial charge < -0.3 is 14.4 Å². The third-order valence-electron chi connectivity index (χ3n) is 22.5. The Bertz CT molecular complexity index is 2700. The van der Waals surface area contributed by atoms with Gasteiger partial charge in [-0.3, -0.25) is 0 Å². The molecule has 0 nitrogen and oxygen atoms in total. The molecule has 0 spiro atoms. The maximum atomic E-state index is 10.7. The molecular formula is C70H83Cl2F3SiZr-4. The Balaban J connectivity index is 0.000000149. The summed E-state index contributed by atoms with van der Waals surface area (Å²) >= 11 is 1.36. The van der Waals surface area contributed by atoms with Crippen LogP contribution >= 0.6 is 24.8 Å². The second-order valence-corrected chi connectivity index (χ2v) is 27.4. The molecule has 0 atom stereocenters. The summed E-state index contributed by atoms with van der Waals surface area (Å²) in [5, 5.41) is 5.83. The van der Waals surface area contributed by atoms with Gasteiger partial charge in [-0.2, -0.15) is 25.3 Å². The van der Waals surface area contributed by atoms with Gasteiger partial charge in [0, 0.05) is 0 Å². The average Bonchev–Trinajstić information content (AvgIpc) is 4.41. The molecule has 6 aromatic rings. The minimum absolute atomic E-state index is 0. The van der Waals surface area contributed by atoms with Crippen molar-refractivity contribution in [2.24, 2.45) is 58.2 Å². The quantitative estimate of drug-likeness (QED) is 0.105. The van der Waals surface area contributed by atoms with Gasteiger partial charge in [-0.15, -0.1) is 93.9 Å². The molecule has 6 aromatic carbocycles. The average molecular weight is 1170 g/mol. The van der Waals surface area contributed by atoms with Crippen molar-refractivity contribution in [1.82, 2.24) is 0 Å². The van der Waals surface area contributed by atoms with E-state index in [4.69, 9.17) is 0 Å². The van der Waals surface area contributed by atoms with Gasteiger partial charge in [-0.25, -0.2) is 0 Å². The molecule has 0 amide bonds. The number of rotatable bonds is 8. The Morgan fingerprint density at radius 3 is 1.06 bits per heavy atom. The standard InChI is InChI=1S/2C33H37.C3H4F3.CH3.2ClH.Si.Zr/c2*1-2-28-15-26(18-32-10-8-22(17-32)9-11-32)16-31(28)30(3-1)27-4-6-29(7-5-27)33-19-23-12-24(20-33)14-25(13-23)21-33;1-2-3(4,5)6;;;;;/h2*1-7,15-16,22-25H,8-14,17-21H2;1-2H2;1H3;2*1H;;/q4*-1;;;;. The number of hydrogen-bond acceptors (Lipinski definition) is 0. The summed E-state index contributed by atoms with van der Waals surface area (Å²) in [5.74, 6) is 8.17. The molecule has 0 saturated heterocycles. The maximum absolute atomic E-state index is 10.7. The van der Waals surface area contributed by atoms with Crippen LogP contribution in [0.5, 0.6) is 0 Å². The zero-order chi connectivity index (χ0) is 50.5. The third kappa shape index (κ3) is 11.3. The smallest absolute Gasteiger partial charge is 0.00391 e. The summed E-state index contributed by atoms with van der Waals surface area (Å²) in [5.41, 5.74) is 14.4. The van der Waals surface area contributed by atoms with Crippen LogP contribution in [0.1, 0.15) is 170 Å². The van der Waals surface area contributed by atoms with E-state index < -0.39 is 12.6 Å². The van der Waals surface area contributed by atoms with E-state index in [2.05, 4.69) is 123 Å². The van der Waals surface area contributed by atoms with Crippen molar-refractivity contribution in [2.45, 2.75) is 178 Å². The van der Waals surface area contributed by atoms with Gasteiger partial charge in [0.05, 0.1) is 0 Å². The largest absolute Gasteiger partial charge is 0.164 e. The van der Waals surface area contributed by atoms with Crippen LogP contribution in [0, 0.1) is 72.5 Å². The van der Waals surface area contributed by atoms with Crippen LogP contribution in [-0.4, -0.2) is 13.1 Å². The maximum Gasteiger partial charge on any atom is -0.00391 e. The van der Waals surface area contributed by atoms with E-state index in [1.165, 1.54) is 221 Å². The minimum atomic E-state index is -4.07. The Morgan fingerprint density at radius 2 is 0.792 bits per heavy atom.